The number of nitriles is 1. The fourth-order valence-corrected chi connectivity index (χ4v) is 4.32. The van der Waals surface area contributed by atoms with E-state index in [-0.39, 0.29) is 31.2 Å². The van der Waals surface area contributed by atoms with Crippen LogP contribution in [0.4, 0.5) is 14.9 Å². The third-order valence-electron chi connectivity index (χ3n) is 4.01. The van der Waals surface area contributed by atoms with Crippen LogP contribution in [0.2, 0.25) is 0 Å². The molecule has 1 aromatic heterocycles. The van der Waals surface area contributed by atoms with Crippen LogP contribution >= 0.6 is 0 Å². The topological polar surface area (TPSA) is 132 Å². The summed E-state index contributed by atoms with van der Waals surface area (Å²) in [6, 6.07) is 6.37. The number of carbonyl (C=O) groups excluding carboxylic acids is 2. The number of nitrogens with zero attached hydrogens (tertiary/aromatic N) is 3. The van der Waals surface area contributed by atoms with Crippen molar-refractivity contribution in [2.75, 3.05) is 11.9 Å². The molecule has 0 saturated carbocycles. The summed E-state index contributed by atoms with van der Waals surface area (Å²) in [5, 5.41) is 13.4. The van der Waals surface area contributed by atoms with Crippen molar-refractivity contribution < 1.29 is 25.3 Å². The van der Waals surface area contributed by atoms with Gasteiger partial charge in [0, 0.05) is 9.05 Å². The molecule has 1 aliphatic heterocycles. The molecule has 3 rings (SSSR count). The van der Waals surface area contributed by atoms with Crippen molar-refractivity contribution in [2.24, 2.45) is 0 Å². The predicted molar refractivity (Wildman–Crippen MR) is 110 cm³/mol. The average molecular weight is 435 g/mol. The number of carbonyl (C=O) groups is 2. The van der Waals surface area contributed by atoms with E-state index in [1.54, 1.807) is 25.1 Å². The lowest BCUT2D eigenvalue weighted by atomic mass is 10.2. The lowest BCUT2D eigenvalue weighted by Gasteiger charge is -2.29. The van der Waals surface area contributed by atoms with Gasteiger partial charge in [0.1, 0.15) is 23.3 Å². The first-order chi connectivity index (χ1) is 14.2. The number of urea groups is 1. The van der Waals surface area contributed by atoms with Crippen LogP contribution in [0.1, 0.15) is 19.7 Å². The van der Waals surface area contributed by atoms with Gasteiger partial charge in [-0.1, -0.05) is 12.1 Å². The lowest BCUT2D eigenvalue weighted by Crippen LogP contribution is -2.48. The van der Waals surface area contributed by atoms with Gasteiger partial charge >= 0.3 is 6.03 Å². The van der Waals surface area contributed by atoms with E-state index in [0.29, 0.717) is 9.87 Å². The number of sulfonamides is 1. The molecule has 2 N–H and O–H groups in total. The molecule has 0 atom stereocenters. The third-order valence-corrected chi connectivity index (χ3v) is 5.95. The highest BCUT2D eigenvalue weighted by atomic mass is 32.2. The SMILES string of the molecule is C=C.Cc1cccc2c1S(=O)(=O)N(CC(=O)NCc1ncc(C#N)cc1F)C(=O)N2.[HH].[HH]. The second-order valence-corrected chi connectivity index (χ2v) is 7.73. The molecule has 1 aromatic carbocycles. The largest absolute Gasteiger partial charge is 0.349 e. The fourth-order valence-electron chi connectivity index (χ4n) is 2.67. The molecule has 3 amide bonds. The second-order valence-electron chi connectivity index (χ2n) is 5.93. The maximum absolute atomic E-state index is 13.8. The Labute approximate surface area is 175 Å². The first kappa shape index (κ1) is 22.5. The first-order valence-corrected chi connectivity index (χ1v) is 9.92. The van der Waals surface area contributed by atoms with Crippen molar-refractivity contribution >= 4 is 27.6 Å². The van der Waals surface area contributed by atoms with E-state index < -0.39 is 34.3 Å². The minimum atomic E-state index is -4.22. The Morgan fingerprint density at radius 2 is 2.13 bits per heavy atom. The van der Waals surface area contributed by atoms with Gasteiger partial charge in [-0.3, -0.25) is 9.78 Å². The molecule has 11 heteroatoms. The first-order valence-electron chi connectivity index (χ1n) is 8.48. The predicted octanol–water partition coefficient (Wildman–Crippen LogP) is 2.55. The van der Waals surface area contributed by atoms with Crippen LogP contribution in [0.25, 0.3) is 0 Å². The molecule has 9 nitrogen and oxygen atoms in total. The maximum Gasteiger partial charge on any atom is 0.336 e. The van der Waals surface area contributed by atoms with E-state index in [4.69, 9.17) is 5.26 Å². The third kappa shape index (κ3) is 4.44. The van der Waals surface area contributed by atoms with E-state index in [1.807, 2.05) is 0 Å². The number of fused-ring (bicyclic) bond motifs is 1. The number of nitrogens with one attached hydrogen (secondary N) is 2. The van der Waals surface area contributed by atoms with Crippen molar-refractivity contribution in [3.63, 3.8) is 0 Å². The molecule has 2 aromatic rings. The molecule has 0 spiro atoms. The summed E-state index contributed by atoms with van der Waals surface area (Å²) in [5.41, 5.74) is 0.467. The zero-order valence-electron chi connectivity index (χ0n) is 16.0. The molecule has 1 aliphatic rings. The van der Waals surface area contributed by atoms with E-state index in [2.05, 4.69) is 28.8 Å². The summed E-state index contributed by atoms with van der Waals surface area (Å²) in [6.07, 6.45) is 1.15. The van der Waals surface area contributed by atoms with Gasteiger partial charge in [-0.05, 0) is 24.6 Å². The molecule has 0 fully saturated rings. The van der Waals surface area contributed by atoms with Gasteiger partial charge in [0.2, 0.25) is 5.91 Å². The van der Waals surface area contributed by atoms with Crippen LogP contribution < -0.4 is 10.6 Å². The minimum absolute atomic E-state index is 0. The minimum Gasteiger partial charge on any atom is -0.349 e. The maximum atomic E-state index is 13.8. The standard InChI is InChI=1S/C17H14FN5O4S.C2H4.2H2/c1-10-3-2-4-13-16(10)28(26,27)23(17(25)22-13)9-15(24)21-8-14-12(18)5-11(6-19)7-20-14;1-2;;/h2-5,7H,8-9H2,1H3,(H,21,24)(H,22,25);1-2H2;2*1H. The highest BCUT2D eigenvalue weighted by Crippen LogP contribution is 2.32. The highest BCUT2D eigenvalue weighted by molar-refractivity contribution is 7.90. The summed E-state index contributed by atoms with van der Waals surface area (Å²) >= 11 is 0. The Bertz CT molecular complexity index is 1150. The number of anilines is 1. The summed E-state index contributed by atoms with van der Waals surface area (Å²) in [7, 11) is -4.22. The Balaban J connectivity index is 0.00000234. The van der Waals surface area contributed by atoms with E-state index in [1.165, 1.54) is 6.07 Å². The molecule has 0 unspecified atom stereocenters. The Hall–Kier alpha value is -3.78. The van der Waals surface area contributed by atoms with E-state index >= 15 is 0 Å². The fraction of sp³-hybridized carbons (Fsp3) is 0.158. The molecule has 0 radical (unpaired) electrons. The van der Waals surface area contributed by atoms with Gasteiger partial charge in [0.25, 0.3) is 10.0 Å². The van der Waals surface area contributed by atoms with Crippen molar-refractivity contribution in [3.8, 4) is 6.07 Å². The number of benzene rings is 1. The van der Waals surface area contributed by atoms with Crippen LogP contribution in [0.15, 0.2) is 48.5 Å². The van der Waals surface area contributed by atoms with Gasteiger partial charge in [-0.15, -0.1) is 13.2 Å². The average Bonchev–Trinajstić information content (AvgIpc) is 2.71. The number of pyridine rings is 1. The molecular weight excluding hydrogens is 413 g/mol. The van der Waals surface area contributed by atoms with Crippen molar-refractivity contribution in [3.05, 3.63) is 66.3 Å². The molecule has 2 heterocycles. The van der Waals surface area contributed by atoms with Crippen LogP contribution in [-0.2, 0) is 21.4 Å². The number of rotatable bonds is 4. The molecule has 0 bridgehead atoms. The second kappa shape index (κ2) is 9.15. The number of aryl methyl sites for hydroxylation is 1. The quantitative estimate of drug-likeness (QED) is 0.709. The Morgan fingerprint density at radius 1 is 1.43 bits per heavy atom. The van der Waals surface area contributed by atoms with Gasteiger partial charge in [0.05, 0.1) is 23.5 Å². The number of halogens is 1. The number of hydrogen-bond acceptors (Lipinski definition) is 6. The number of hydrogen-bond donors (Lipinski definition) is 2. The van der Waals surface area contributed by atoms with Crippen LogP contribution in [0.5, 0.6) is 0 Å². The summed E-state index contributed by atoms with van der Waals surface area (Å²) in [5.74, 6) is -1.60. The molecule has 160 valence electrons. The lowest BCUT2D eigenvalue weighted by molar-refractivity contribution is -0.121. The molecule has 0 aliphatic carbocycles. The molecular formula is C19H22FN5O4S. The zero-order chi connectivity index (χ0) is 22.5. The summed E-state index contributed by atoms with van der Waals surface area (Å²) in [4.78, 5) is 28.0. The normalized spacial score (nSPS) is 13.8. The van der Waals surface area contributed by atoms with E-state index in [9.17, 15) is 22.4 Å². The zero-order valence-corrected chi connectivity index (χ0v) is 16.8. The number of amides is 3. The summed E-state index contributed by atoms with van der Waals surface area (Å²) in [6.45, 7) is 6.47. The summed E-state index contributed by atoms with van der Waals surface area (Å²) < 4.78 is 39.7. The van der Waals surface area contributed by atoms with Gasteiger partial charge in [0.15, 0.2) is 0 Å². The number of aromatic nitrogens is 1. The van der Waals surface area contributed by atoms with Crippen molar-refractivity contribution in [2.45, 2.75) is 18.4 Å². The van der Waals surface area contributed by atoms with E-state index in [0.717, 1.165) is 12.3 Å². The smallest absolute Gasteiger partial charge is 0.336 e. The Kier molecular flexibility index (Phi) is 6.86. The van der Waals surface area contributed by atoms with Crippen LogP contribution in [0, 0.1) is 24.1 Å². The Morgan fingerprint density at radius 3 is 2.77 bits per heavy atom. The van der Waals surface area contributed by atoms with Gasteiger partial charge in [-0.2, -0.15) is 5.26 Å². The highest BCUT2D eigenvalue weighted by Gasteiger charge is 2.38. The van der Waals surface area contributed by atoms with Crippen LogP contribution in [0.3, 0.4) is 0 Å². The van der Waals surface area contributed by atoms with Crippen LogP contribution in [-0.4, -0.2) is 36.2 Å². The van der Waals surface area contributed by atoms with Crippen molar-refractivity contribution in [1.29, 1.82) is 5.26 Å². The van der Waals surface area contributed by atoms with Crippen molar-refractivity contribution in [1.82, 2.24) is 14.6 Å². The molecule has 0 saturated heterocycles. The molecule has 30 heavy (non-hydrogen) atoms. The van der Waals surface area contributed by atoms with Gasteiger partial charge in [-0.25, -0.2) is 21.9 Å². The van der Waals surface area contributed by atoms with Gasteiger partial charge < -0.3 is 10.6 Å². The monoisotopic (exact) mass is 435 g/mol.